The Labute approximate surface area is 85.6 Å². The molecule has 0 saturated heterocycles. The van der Waals surface area contributed by atoms with E-state index in [0.717, 1.165) is 18.1 Å². The van der Waals surface area contributed by atoms with Crippen molar-refractivity contribution in [2.45, 2.75) is 13.5 Å². The van der Waals surface area contributed by atoms with Crippen molar-refractivity contribution in [2.75, 3.05) is 0 Å². The summed E-state index contributed by atoms with van der Waals surface area (Å²) in [5.74, 6) is 0.727. The molecule has 7 heteroatoms. The standard InChI is InChI=1S/C7H10N6S/c1-3-13-6(9-10-7(13)14)5-4-8-12(2)11-5/h4H,3H2,1-2H3,(H,10,14). The second kappa shape index (κ2) is 3.33. The summed E-state index contributed by atoms with van der Waals surface area (Å²) in [4.78, 5) is 1.49. The van der Waals surface area contributed by atoms with Crippen molar-refractivity contribution in [1.82, 2.24) is 29.8 Å². The monoisotopic (exact) mass is 210 g/mol. The fourth-order valence-electron chi connectivity index (χ4n) is 1.25. The fourth-order valence-corrected chi connectivity index (χ4v) is 1.52. The Morgan fingerprint density at radius 1 is 1.57 bits per heavy atom. The number of H-pyrrole nitrogens is 1. The first-order valence-electron chi connectivity index (χ1n) is 4.24. The Morgan fingerprint density at radius 2 is 2.36 bits per heavy atom. The van der Waals surface area contributed by atoms with E-state index in [1.54, 1.807) is 13.2 Å². The lowest BCUT2D eigenvalue weighted by atomic mass is 10.4. The lowest BCUT2D eigenvalue weighted by Gasteiger charge is -1.98. The molecule has 14 heavy (non-hydrogen) atoms. The Bertz CT molecular complexity index is 492. The van der Waals surface area contributed by atoms with Crippen molar-refractivity contribution in [2.24, 2.45) is 7.05 Å². The van der Waals surface area contributed by atoms with E-state index in [-0.39, 0.29) is 0 Å². The number of aromatic amines is 1. The minimum absolute atomic E-state index is 0.605. The average molecular weight is 210 g/mol. The van der Waals surface area contributed by atoms with Gasteiger partial charge in [-0.2, -0.15) is 20.1 Å². The van der Waals surface area contributed by atoms with Gasteiger partial charge >= 0.3 is 0 Å². The minimum atomic E-state index is 0.605. The third-order valence-electron chi connectivity index (χ3n) is 1.90. The summed E-state index contributed by atoms with van der Waals surface area (Å²) in [6.07, 6.45) is 1.66. The van der Waals surface area contributed by atoms with Gasteiger partial charge in [0.05, 0.1) is 6.20 Å². The maximum atomic E-state index is 5.07. The maximum Gasteiger partial charge on any atom is 0.195 e. The van der Waals surface area contributed by atoms with Gasteiger partial charge in [-0.25, -0.2) is 0 Å². The van der Waals surface area contributed by atoms with Crippen LogP contribution in [0.15, 0.2) is 6.20 Å². The third-order valence-corrected chi connectivity index (χ3v) is 2.21. The van der Waals surface area contributed by atoms with Crippen molar-refractivity contribution in [1.29, 1.82) is 0 Å². The zero-order valence-electron chi connectivity index (χ0n) is 7.93. The molecule has 0 atom stereocenters. The minimum Gasteiger partial charge on any atom is -0.299 e. The zero-order valence-corrected chi connectivity index (χ0v) is 8.75. The van der Waals surface area contributed by atoms with Gasteiger partial charge in [-0.15, -0.1) is 0 Å². The molecule has 1 N–H and O–H groups in total. The van der Waals surface area contributed by atoms with E-state index in [9.17, 15) is 0 Å². The first-order valence-corrected chi connectivity index (χ1v) is 4.65. The molecule has 0 aromatic carbocycles. The van der Waals surface area contributed by atoms with Crippen LogP contribution in [0.25, 0.3) is 11.5 Å². The van der Waals surface area contributed by atoms with Crippen LogP contribution in [-0.2, 0) is 13.6 Å². The van der Waals surface area contributed by atoms with Crippen LogP contribution in [0, 0.1) is 4.77 Å². The van der Waals surface area contributed by atoms with Gasteiger partial charge in [-0.05, 0) is 19.1 Å². The number of aromatic nitrogens is 6. The molecule has 0 aliphatic rings. The SMILES string of the molecule is CCn1c(-c2cnn(C)n2)n[nH]c1=S. The largest absolute Gasteiger partial charge is 0.299 e. The molecule has 0 aliphatic heterocycles. The van der Waals surface area contributed by atoms with Gasteiger partial charge < -0.3 is 0 Å². The van der Waals surface area contributed by atoms with Crippen LogP contribution in [0.5, 0.6) is 0 Å². The van der Waals surface area contributed by atoms with Crippen molar-refractivity contribution in [3.63, 3.8) is 0 Å². The van der Waals surface area contributed by atoms with Gasteiger partial charge in [-0.3, -0.25) is 9.67 Å². The Hall–Kier alpha value is -1.50. The van der Waals surface area contributed by atoms with Gasteiger partial charge in [0.15, 0.2) is 10.6 Å². The van der Waals surface area contributed by atoms with Crippen LogP contribution >= 0.6 is 12.2 Å². The molecular weight excluding hydrogens is 200 g/mol. The van der Waals surface area contributed by atoms with Gasteiger partial charge in [0.1, 0.15) is 5.69 Å². The highest BCUT2D eigenvalue weighted by Crippen LogP contribution is 2.12. The van der Waals surface area contributed by atoms with Crippen molar-refractivity contribution < 1.29 is 0 Å². The van der Waals surface area contributed by atoms with Crippen molar-refractivity contribution in [3.8, 4) is 11.5 Å². The summed E-state index contributed by atoms with van der Waals surface area (Å²) < 4.78 is 2.48. The molecule has 0 amide bonds. The van der Waals surface area contributed by atoms with Crippen LogP contribution in [-0.4, -0.2) is 29.8 Å². The van der Waals surface area contributed by atoms with Crippen LogP contribution in [0.2, 0.25) is 0 Å². The van der Waals surface area contributed by atoms with E-state index in [4.69, 9.17) is 12.2 Å². The number of rotatable bonds is 2. The second-order valence-corrected chi connectivity index (χ2v) is 3.20. The molecule has 0 unspecified atom stereocenters. The Kier molecular flexibility index (Phi) is 2.16. The van der Waals surface area contributed by atoms with Gasteiger partial charge in [0.25, 0.3) is 0 Å². The van der Waals surface area contributed by atoms with E-state index in [1.807, 2.05) is 11.5 Å². The van der Waals surface area contributed by atoms with E-state index >= 15 is 0 Å². The smallest absolute Gasteiger partial charge is 0.195 e. The predicted octanol–water partition coefficient (Wildman–Crippen LogP) is 0.756. The molecular formula is C7H10N6S. The van der Waals surface area contributed by atoms with Crippen LogP contribution in [0.3, 0.4) is 0 Å². The van der Waals surface area contributed by atoms with Gasteiger partial charge in [0.2, 0.25) is 0 Å². The molecule has 2 aromatic heterocycles. The molecule has 0 spiro atoms. The zero-order chi connectivity index (χ0) is 10.1. The first kappa shape index (κ1) is 9.07. The molecule has 74 valence electrons. The van der Waals surface area contributed by atoms with E-state index in [1.165, 1.54) is 4.80 Å². The van der Waals surface area contributed by atoms with Gasteiger partial charge in [-0.1, -0.05) is 0 Å². The molecule has 2 heterocycles. The Balaban J connectivity index is 2.56. The maximum absolute atomic E-state index is 5.07. The van der Waals surface area contributed by atoms with Crippen molar-refractivity contribution >= 4 is 12.2 Å². The molecule has 0 fully saturated rings. The van der Waals surface area contributed by atoms with Gasteiger partial charge in [0, 0.05) is 13.6 Å². The number of nitrogens with one attached hydrogen (secondary N) is 1. The number of hydrogen-bond donors (Lipinski definition) is 1. The first-order chi connectivity index (χ1) is 6.72. The van der Waals surface area contributed by atoms with Crippen LogP contribution in [0.4, 0.5) is 0 Å². The lowest BCUT2D eigenvalue weighted by Crippen LogP contribution is -1.99. The molecule has 0 bridgehead atoms. The summed E-state index contributed by atoms with van der Waals surface area (Å²) in [5.41, 5.74) is 0.724. The quantitative estimate of drug-likeness (QED) is 0.743. The normalized spacial score (nSPS) is 10.7. The molecule has 0 radical (unpaired) electrons. The summed E-state index contributed by atoms with van der Waals surface area (Å²) in [5, 5.41) is 15.0. The fraction of sp³-hybridized carbons (Fsp3) is 0.429. The topological polar surface area (TPSA) is 64.3 Å². The lowest BCUT2D eigenvalue weighted by molar-refractivity contribution is 0.653. The molecule has 0 aliphatic carbocycles. The highest BCUT2D eigenvalue weighted by Gasteiger charge is 2.10. The second-order valence-electron chi connectivity index (χ2n) is 2.82. The number of aryl methyl sites for hydroxylation is 1. The highest BCUT2D eigenvalue weighted by atomic mass is 32.1. The third kappa shape index (κ3) is 1.35. The van der Waals surface area contributed by atoms with Crippen LogP contribution in [0.1, 0.15) is 6.92 Å². The summed E-state index contributed by atoms with van der Waals surface area (Å²) in [7, 11) is 1.76. The number of hydrogen-bond acceptors (Lipinski definition) is 4. The number of nitrogens with zero attached hydrogens (tertiary/aromatic N) is 5. The molecule has 2 rings (SSSR count). The molecule has 2 aromatic rings. The average Bonchev–Trinajstić information content (AvgIpc) is 2.71. The summed E-state index contributed by atoms with van der Waals surface area (Å²) in [6.45, 7) is 2.77. The van der Waals surface area contributed by atoms with Crippen molar-refractivity contribution in [3.05, 3.63) is 11.0 Å². The molecule has 6 nitrogen and oxygen atoms in total. The summed E-state index contributed by atoms with van der Waals surface area (Å²) in [6, 6.07) is 0. The van der Waals surface area contributed by atoms with E-state index < -0.39 is 0 Å². The van der Waals surface area contributed by atoms with Crippen LogP contribution < -0.4 is 0 Å². The highest BCUT2D eigenvalue weighted by molar-refractivity contribution is 7.71. The van der Waals surface area contributed by atoms with E-state index in [0.29, 0.717) is 4.77 Å². The Morgan fingerprint density at radius 3 is 2.93 bits per heavy atom. The molecule has 0 saturated carbocycles. The predicted molar refractivity (Wildman–Crippen MR) is 53.1 cm³/mol. The summed E-state index contributed by atoms with van der Waals surface area (Å²) >= 11 is 5.07. The van der Waals surface area contributed by atoms with E-state index in [2.05, 4.69) is 20.4 Å².